The SMILES string of the molecule is O=C(c1cnc2ccccc2c1)N1CCO[C@H](c2ccncc2)C1. The topological polar surface area (TPSA) is 55.3 Å². The zero-order valence-corrected chi connectivity index (χ0v) is 13.1. The molecule has 3 aromatic rings. The second kappa shape index (κ2) is 6.37. The number of carbonyl (C=O) groups excluding carboxylic acids is 1. The molecule has 1 atom stereocenters. The molecule has 0 saturated carbocycles. The van der Waals surface area contributed by atoms with Gasteiger partial charge in [0.15, 0.2) is 0 Å². The minimum absolute atomic E-state index is 0.00407. The smallest absolute Gasteiger partial charge is 0.255 e. The number of hydrogen-bond acceptors (Lipinski definition) is 4. The first-order valence-corrected chi connectivity index (χ1v) is 7.97. The van der Waals surface area contributed by atoms with E-state index in [1.807, 2.05) is 47.4 Å². The summed E-state index contributed by atoms with van der Waals surface area (Å²) in [5.74, 6) is -0.00407. The van der Waals surface area contributed by atoms with Crippen LogP contribution in [0.4, 0.5) is 0 Å². The second-order valence-electron chi connectivity index (χ2n) is 5.81. The zero-order valence-electron chi connectivity index (χ0n) is 13.1. The molecule has 4 rings (SSSR count). The van der Waals surface area contributed by atoms with Gasteiger partial charge in [0.2, 0.25) is 0 Å². The van der Waals surface area contributed by atoms with Gasteiger partial charge in [-0.15, -0.1) is 0 Å². The lowest BCUT2D eigenvalue weighted by atomic mass is 10.1. The van der Waals surface area contributed by atoms with E-state index in [9.17, 15) is 4.79 Å². The Morgan fingerprint density at radius 3 is 2.88 bits per heavy atom. The number of fused-ring (bicyclic) bond motifs is 1. The number of hydrogen-bond donors (Lipinski definition) is 0. The van der Waals surface area contributed by atoms with Gasteiger partial charge >= 0.3 is 0 Å². The van der Waals surface area contributed by atoms with Gasteiger partial charge in [-0.25, -0.2) is 0 Å². The molecular formula is C19H17N3O2. The Bertz CT molecular complexity index is 867. The maximum absolute atomic E-state index is 12.8. The van der Waals surface area contributed by atoms with Gasteiger partial charge in [0.1, 0.15) is 6.10 Å². The van der Waals surface area contributed by atoms with Crippen LogP contribution in [0.15, 0.2) is 61.1 Å². The minimum atomic E-state index is -0.112. The molecule has 2 aromatic heterocycles. The summed E-state index contributed by atoms with van der Waals surface area (Å²) in [5.41, 5.74) is 2.55. The molecule has 5 nitrogen and oxygen atoms in total. The van der Waals surface area contributed by atoms with E-state index in [-0.39, 0.29) is 12.0 Å². The number of ether oxygens (including phenoxy) is 1. The summed E-state index contributed by atoms with van der Waals surface area (Å²) in [5, 5.41) is 0.974. The fourth-order valence-electron chi connectivity index (χ4n) is 2.98. The van der Waals surface area contributed by atoms with Crippen molar-refractivity contribution in [2.24, 2.45) is 0 Å². The Morgan fingerprint density at radius 1 is 1.17 bits per heavy atom. The Balaban J connectivity index is 1.56. The van der Waals surface area contributed by atoms with Crippen molar-refractivity contribution in [2.75, 3.05) is 19.7 Å². The highest BCUT2D eigenvalue weighted by atomic mass is 16.5. The van der Waals surface area contributed by atoms with E-state index in [0.717, 1.165) is 16.5 Å². The Kier molecular flexibility index (Phi) is 3.92. The molecule has 120 valence electrons. The van der Waals surface area contributed by atoms with Crippen LogP contribution in [0, 0.1) is 0 Å². The molecule has 1 aliphatic heterocycles. The molecule has 1 aromatic carbocycles. The second-order valence-corrected chi connectivity index (χ2v) is 5.81. The highest BCUT2D eigenvalue weighted by molar-refractivity contribution is 5.97. The number of nitrogens with zero attached hydrogens (tertiary/aromatic N) is 3. The number of para-hydroxylation sites is 1. The van der Waals surface area contributed by atoms with E-state index >= 15 is 0 Å². The molecular weight excluding hydrogens is 302 g/mol. The van der Waals surface area contributed by atoms with Crippen LogP contribution in [0.2, 0.25) is 0 Å². The average Bonchev–Trinajstić information content (AvgIpc) is 2.68. The third-order valence-electron chi connectivity index (χ3n) is 4.27. The van der Waals surface area contributed by atoms with Crippen LogP contribution in [-0.4, -0.2) is 40.5 Å². The van der Waals surface area contributed by atoms with E-state index in [1.54, 1.807) is 18.6 Å². The number of pyridine rings is 2. The third kappa shape index (κ3) is 2.86. The molecule has 1 aliphatic rings. The predicted molar refractivity (Wildman–Crippen MR) is 90.6 cm³/mol. The first kappa shape index (κ1) is 14.8. The van der Waals surface area contributed by atoms with Crippen molar-refractivity contribution in [3.05, 3.63) is 72.2 Å². The molecule has 0 unspecified atom stereocenters. The summed E-state index contributed by atoms with van der Waals surface area (Å²) in [4.78, 5) is 23.1. The number of benzene rings is 1. The van der Waals surface area contributed by atoms with Crippen LogP contribution in [0.3, 0.4) is 0 Å². The fraction of sp³-hybridized carbons (Fsp3) is 0.211. The highest BCUT2D eigenvalue weighted by Gasteiger charge is 2.26. The van der Waals surface area contributed by atoms with Gasteiger partial charge in [-0.2, -0.15) is 0 Å². The van der Waals surface area contributed by atoms with E-state index in [2.05, 4.69) is 9.97 Å². The lowest BCUT2D eigenvalue weighted by molar-refractivity contribution is -0.0228. The number of rotatable bonds is 2. The molecule has 1 saturated heterocycles. The summed E-state index contributed by atoms with van der Waals surface area (Å²) in [7, 11) is 0. The molecule has 1 fully saturated rings. The maximum Gasteiger partial charge on any atom is 0.255 e. The van der Waals surface area contributed by atoms with E-state index in [4.69, 9.17) is 4.74 Å². The lowest BCUT2D eigenvalue weighted by Gasteiger charge is -2.33. The van der Waals surface area contributed by atoms with Crippen molar-refractivity contribution in [1.82, 2.24) is 14.9 Å². The summed E-state index contributed by atoms with van der Waals surface area (Å²) in [6.45, 7) is 1.66. The number of carbonyl (C=O) groups is 1. The average molecular weight is 319 g/mol. The predicted octanol–water partition coefficient (Wildman–Crippen LogP) is 2.84. The molecule has 0 aliphatic carbocycles. The van der Waals surface area contributed by atoms with Gasteiger partial charge in [0, 0.05) is 30.5 Å². The quantitative estimate of drug-likeness (QED) is 0.729. The molecule has 0 bridgehead atoms. The van der Waals surface area contributed by atoms with Crippen molar-refractivity contribution in [2.45, 2.75) is 6.10 Å². The van der Waals surface area contributed by atoms with Crippen LogP contribution >= 0.6 is 0 Å². The highest BCUT2D eigenvalue weighted by Crippen LogP contribution is 2.23. The zero-order chi connectivity index (χ0) is 16.4. The van der Waals surface area contributed by atoms with Gasteiger partial charge in [0.05, 0.1) is 24.2 Å². The lowest BCUT2D eigenvalue weighted by Crippen LogP contribution is -2.42. The normalized spacial score (nSPS) is 17.8. The molecule has 3 heterocycles. The van der Waals surface area contributed by atoms with Crippen molar-refractivity contribution in [3.8, 4) is 0 Å². The number of amides is 1. The molecule has 0 radical (unpaired) electrons. The van der Waals surface area contributed by atoms with Crippen molar-refractivity contribution < 1.29 is 9.53 Å². The van der Waals surface area contributed by atoms with Gasteiger partial charge in [-0.05, 0) is 29.8 Å². The van der Waals surface area contributed by atoms with Crippen LogP contribution in [-0.2, 0) is 4.74 Å². The van der Waals surface area contributed by atoms with Crippen molar-refractivity contribution in [3.63, 3.8) is 0 Å². The van der Waals surface area contributed by atoms with Crippen LogP contribution < -0.4 is 0 Å². The Labute approximate surface area is 139 Å². The summed E-state index contributed by atoms with van der Waals surface area (Å²) < 4.78 is 5.81. The third-order valence-corrected chi connectivity index (χ3v) is 4.27. The first-order valence-electron chi connectivity index (χ1n) is 7.97. The summed E-state index contributed by atoms with van der Waals surface area (Å²) in [6, 6.07) is 13.6. The van der Waals surface area contributed by atoms with E-state index in [0.29, 0.717) is 25.3 Å². The molecule has 0 N–H and O–H groups in total. The Morgan fingerprint density at radius 2 is 2.00 bits per heavy atom. The van der Waals surface area contributed by atoms with E-state index < -0.39 is 0 Å². The molecule has 0 spiro atoms. The molecule has 5 heteroatoms. The molecule has 24 heavy (non-hydrogen) atoms. The maximum atomic E-state index is 12.8. The van der Waals surface area contributed by atoms with Crippen molar-refractivity contribution in [1.29, 1.82) is 0 Å². The summed E-state index contributed by atoms with van der Waals surface area (Å²) >= 11 is 0. The summed E-state index contributed by atoms with van der Waals surface area (Å²) in [6.07, 6.45) is 5.03. The standard InChI is InChI=1S/C19H17N3O2/c23-19(16-11-15-3-1-2-4-17(15)21-12-16)22-9-10-24-18(13-22)14-5-7-20-8-6-14/h1-8,11-12,18H,9-10,13H2/t18-/m0/s1. The fourth-order valence-corrected chi connectivity index (χ4v) is 2.98. The van der Waals surface area contributed by atoms with Gasteiger partial charge < -0.3 is 9.64 Å². The monoisotopic (exact) mass is 319 g/mol. The number of aromatic nitrogens is 2. The van der Waals surface area contributed by atoms with Crippen molar-refractivity contribution >= 4 is 16.8 Å². The van der Waals surface area contributed by atoms with E-state index in [1.165, 1.54) is 0 Å². The largest absolute Gasteiger partial charge is 0.370 e. The van der Waals surface area contributed by atoms with Gasteiger partial charge in [-0.3, -0.25) is 14.8 Å². The van der Waals surface area contributed by atoms with Crippen LogP contribution in [0.5, 0.6) is 0 Å². The minimum Gasteiger partial charge on any atom is -0.370 e. The Hall–Kier alpha value is -2.79. The van der Waals surface area contributed by atoms with Gasteiger partial charge in [-0.1, -0.05) is 18.2 Å². The van der Waals surface area contributed by atoms with Crippen LogP contribution in [0.1, 0.15) is 22.0 Å². The first-order chi connectivity index (χ1) is 11.8. The van der Waals surface area contributed by atoms with Gasteiger partial charge in [0.25, 0.3) is 5.91 Å². The van der Waals surface area contributed by atoms with Crippen LogP contribution in [0.25, 0.3) is 10.9 Å². The molecule has 1 amide bonds. The number of morpholine rings is 1.